The van der Waals surface area contributed by atoms with Crippen LogP contribution in [0.3, 0.4) is 0 Å². The Balaban J connectivity index is 1.59. The fourth-order valence-electron chi connectivity index (χ4n) is 3.40. The molecule has 0 saturated heterocycles. The van der Waals surface area contributed by atoms with Crippen LogP contribution < -0.4 is 18.9 Å². The van der Waals surface area contributed by atoms with E-state index >= 15 is 0 Å². The fraction of sp³-hybridized carbons (Fsp3) is 0.160. The van der Waals surface area contributed by atoms with E-state index in [2.05, 4.69) is 0 Å². The topological polar surface area (TPSA) is 54.0 Å². The molecule has 0 amide bonds. The van der Waals surface area contributed by atoms with Gasteiger partial charge in [0.25, 0.3) is 0 Å². The van der Waals surface area contributed by atoms with Crippen molar-refractivity contribution in [3.8, 4) is 23.0 Å². The van der Waals surface area contributed by atoms with Crippen LogP contribution in [-0.4, -0.2) is 20.0 Å². The smallest absolute Gasteiger partial charge is 0.231 e. The van der Waals surface area contributed by atoms with Gasteiger partial charge < -0.3 is 18.9 Å². The third kappa shape index (κ3) is 4.27. The van der Waals surface area contributed by atoms with Gasteiger partial charge in [-0.25, -0.2) is 0 Å². The van der Waals surface area contributed by atoms with E-state index in [1.54, 1.807) is 56.7 Å². The van der Waals surface area contributed by atoms with Gasteiger partial charge in [0.1, 0.15) is 29.6 Å². The monoisotopic (exact) mass is 470 g/mol. The van der Waals surface area contributed by atoms with E-state index < -0.39 is 0 Å². The summed E-state index contributed by atoms with van der Waals surface area (Å²) in [6.45, 7) is 2.11. The number of hydrogen-bond donors (Lipinski definition) is 0. The second-order valence-electron chi connectivity index (χ2n) is 7.14. The second-order valence-corrected chi connectivity index (χ2v) is 7.98. The maximum absolute atomic E-state index is 12.9. The van der Waals surface area contributed by atoms with E-state index in [-0.39, 0.29) is 18.1 Å². The summed E-state index contributed by atoms with van der Waals surface area (Å²) in [7, 11) is 3.14. The molecular weight excluding hydrogens is 451 g/mol. The number of Topliss-reactive ketones (excluding diaryl/α,β-unsaturated/α-hetero) is 1. The first-order valence-corrected chi connectivity index (χ1v) is 10.5. The molecule has 1 aliphatic heterocycles. The lowest BCUT2D eigenvalue weighted by atomic mass is 10.1. The number of allylic oxidation sites excluding steroid dienone is 1. The first-order valence-electron chi connectivity index (χ1n) is 9.78. The number of hydrogen-bond acceptors (Lipinski definition) is 5. The summed E-state index contributed by atoms with van der Waals surface area (Å²) in [6, 6.07) is 14.1. The van der Waals surface area contributed by atoms with Crippen molar-refractivity contribution in [2.75, 3.05) is 14.2 Å². The molecule has 0 saturated carbocycles. The van der Waals surface area contributed by atoms with E-state index in [0.29, 0.717) is 44.2 Å². The van der Waals surface area contributed by atoms with Gasteiger partial charge in [0.2, 0.25) is 5.78 Å². The van der Waals surface area contributed by atoms with Crippen LogP contribution in [0.1, 0.15) is 27.0 Å². The Kier molecular flexibility index (Phi) is 6.31. The molecule has 1 heterocycles. The Morgan fingerprint density at radius 1 is 0.969 bits per heavy atom. The summed E-state index contributed by atoms with van der Waals surface area (Å²) in [5.41, 5.74) is 2.72. The van der Waals surface area contributed by atoms with Crippen LogP contribution in [0.15, 0.2) is 54.3 Å². The molecule has 0 spiro atoms. The van der Waals surface area contributed by atoms with E-state index in [0.717, 1.165) is 11.1 Å². The summed E-state index contributed by atoms with van der Waals surface area (Å²) in [5, 5.41) is 1.09. The normalized spacial score (nSPS) is 13.7. The Morgan fingerprint density at radius 2 is 1.78 bits per heavy atom. The zero-order valence-corrected chi connectivity index (χ0v) is 19.2. The minimum atomic E-state index is -0.201. The predicted octanol–water partition coefficient (Wildman–Crippen LogP) is 6.51. The van der Waals surface area contributed by atoms with Gasteiger partial charge in [-0.1, -0.05) is 29.3 Å². The van der Waals surface area contributed by atoms with Crippen molar-refractivity contribution in [3.05, 3.63) is 86.6 Å². The van der Waals surface area contributed by atoms with Crippen LogP contribution in [0.5, 0.6) is 23.0 Å². The minimum absolute atomic E-state index is 0.201. The molecule has 0 bridgehead atoms. The van der Waals surface area contributed by atoms with Crippen molar-refractivity contribution in [2.24, 2.45) is 0 Å². The molecule has 0 N–H and O–H groups in total. The molecule has 0 aliphatic carbocycles. The maximum Gasteiger partial charge on any atom is 0.231 e. The molecule has 32 heavy (non-hydrogen) atoms. The predicted molar refractivity (Wildman–Crippen MR) is 124 cm³/mol. The number of halogens is 2. The van der Waals surface area contributed by atoms with Crippen LogP contribution in [0.25, 0.3) is 6.08 Å². The van der Waals surface area contributed by atoms with Gasteiger partial charge in [-0.15, -0.1) is 0 Å². The molecule has 164 valence electrons. The lowest BCUT2D eigenvalue weighted by Crippen LogP contribution is -1.99. The van der Waals surface area contributed by atoms with Gasteiger partial charge >= 0.3 is 0 Å². The van der Waals surface area contributed by atoms with E-state index in [1.165, 1.54) is 0 Å². The third-order valence-electron chi connectivity index (χ3n) is 5.16. The van der Waals surface area contributed by atoms with Crippen molar-refractivity contribution in [1.29, 1.82) is 0 Å². The van der Waals surface area contributed by atoms with Crippen LogP contribution in [0.4, 0.5) is 0 Å². The fourth-order valence-corrected chi connectivity index (χ4v) is 3.86. The molecular formula is C25H20Cl2O5. The van der Waals surface area contributed by atoms with Gasteiger partial charge in [-0.2, -0.15) is 0 Å². The summed E-state index contributed by atoms with van der Waals surface area (Å²) >= 11 is 12.2. The van der Waals surface area contributed by atoms with Crippen LogP contribution >= 0.6 is 23.2 Å². The van der Waals surface area contributed by atoms with Gasteiger partial charge in [0.15, 0.2) is 5.76 Å². The molecule has 0 unspecified atom stereocenters. The number of fused-ring (bicyclic) bond motifs is 1. The molecule has 0 fully saturated rings. The Hall–Kier alpha value is -3.15. The highest BCUT2D eigenvalue weighted by molar-refractivity contribution is 6.35. The van der Waals surface area contributed by atoms with Crippen molar-refractivity contribution in [3.63, 3.8) is 0 Å². The quantitative estimate of drug-likeness (QED) is 0.384. The van der Waals surface area contributed by atoms with Gasteiger partial charge in [-0.3, -0.25) is 4.79 Å². The largest absolute Gasteiger partial charge is 0.497 e. The molecule has 4 rings (SSSR count). The zero-order chi connectivity index (χ0) is 22.8. The average Bonchev–Trinajstić information content (AvgIpc) is 3.10. The average molecular weight is 471 g/mol. The zero-order valence-electron chi connectivity index (χ0n) is 17.7. The van der Waals surface area contributed by atoms with Crippen molar-refractivity contribution < 1.29 is 23.7 Å². The molecule has 0 atom stereocenters. The number of rotatable bonds is 6. The summed E-state index contributed by atoms with van der Waals surface area (Å²) in [6.07, 6.45) is 1.66. The Labute approximate surface area is 196 Å². The number of ether oxygens (including phenoxy) is 4. The molecule has 3 aromatic carbocycles. The molecule has 7 heteroatoms. The van der Waals surface area contributed by atoms with E-state index in [4.69, 9.17) is 42.1 Å². The molecule has 0 radical (unpaired) electrons. The number of methoxy groups -OCH3 is 2. The van der Waals surface area contributed by atoms with Gasteiger partial charge in [-0.05, 0) is 49.4 Å². The third-order valence-corrected chi connectivity index (χ3v) is 5.75. The summed E-state index contributed by atoms with van der Waals surface area (Å²) in [4.78, 5) is 12.9. The number of carbonyl (C=O) groups excluding carboxylic acids is 1. The van der Waals surface area contributed by atoms with Crippen molar-refractivity contribution in [2.45, 2.75) is 13.5 Å². The first-order chi connectivity index (χ1) is 15.4. The van der Waals surface area contributed by atoms with Crippen LogP contribution in [0, 0.1) is 6.92 Å². The lowest BCUT2D eigenvalue weighted by Gasteiger charge is -2.12. The van der Waals surface area contributed by atoms with Crippen molar-refractivity contribution >= 4 is 35.1 Å². The van der Waals surface area contributed by atoms with E-state index in [1.807, 2.05) is 19.1 Å². The Bertz CT molecular complexity index is 1230. The van der Waals surface area contributed by atoms with Crippen LogP contribution in [-0.2, 0) is 6.61 Å². The number of ketones is 1. The number of carbonyl (C=O) groups is 1. The first kappa shape index (κ1) is 22.1. The summed E-state index contributed by atoms with van der Waals surface area (Å²) in [5.74, 6) is 2.33. The standard InChI is InChI=1S/C25H20Cl2O5/c1-14-21(31-13-16-4-6-17(26)11-20(16)27)9-8-19-24(28)23(32-25(14)19)10-15-5-7-18(29-2)12-22(15)30-3/h4-12H,13H2,1-3H3/b23-10-. The molecule has 3 aromatic rings. The highest BCUT2D eigenvalue weighted by Crippen LogP contribution is 2.40. The van der Waals surface area contributed by atoms with Gasteiger partial charge in [0.05, 0.1) is 19.8 Å². The highest BCUT2D eigenvalue weighted by Gasteiger charge is 2.30. The molecule has 5 nitrogen and oxygen atoms in total. The number of benzene rings is 3. The molecule has 0 aromatic heterocycles. The SMILES string of the molecule is COc1ccc(/C=C2\Oc3c(ccc(OCc4ccc(Cl)cc4Cl)c3C)C2=O)c(OC)c1. The lowest BCUT2D eigenvalue weighted by molar-refractivity contribution is 0.101. The van der Waals surface area contributed by atoms with Crippen molar-refractivity contribution in [1.82, 2.24) is 0 Å². The highest BCUT2D eigenvalue weighted by atomic mass is 35.5. The molecule has 1 aliphatic rings. The van der Waals surface area contributed by atoms with E-state index in [9.17, 15) is 4.79 Å². The summed E-state index contributed by atoms with van der Waals surface area (Å²) < 4.78 is 22.5. The minimum Gasteiger partial charge on any atom is -0.497 e. The van der Waals surface area contributed by atoms with Crippen LogP contribution in [0.2, 0.25) is 10.0 Å². The Morgan fingerprint density at radius 3 is 2.50 bits per heavy atom. The maximum atomic E-state index is 12.9. The van der Waals surface area contributed by atoms with Gasteiger partial charge in [0, 0.05) is 32.8 Å². The second kappa shape index (κ2) is 9.15.